The van der Waals surface area contributed by atoms with Crippen molar-refractivity contribution in [3.8, 4) is 0 Å². The molecule has 0 aliphatic heterocycles. The molecule has 0 aliphatic rings. The minimum absolute atomic E-state index is 0.0486. The zero-order valence-corrected chi connectivity index (χ0v) is 14.8. The standard InChI is InChI=1S/C8H8.C7H12O2.C5H8O3/c1-2-8-6-4-3-5-7-8;1-3-5-6-9-7(8)4-2;1-4(2-3-6)5(7)8/h2-7H,1H2;4H,2-3,5-6H2,1H3;6H,1-3H2,(H,7,8). The summed E-state index contributed by atoms with van der Waals surface area (Å²) < 4.78 is 4.67. The van der Waals surface area contributed by atoms with Crippen molar-refractivity contribution in [1.29, 1.82) is 0 Å². The molecule has 2 N–H and O–H groups in total. The number of carboxylic acids is 1. The molecule has 0 radical (unpaired) electrons. The van der Waals surface area contributed by atoms with Gasteiger partial charge in [0.05, 0.1) is 6.61 Å². The highest BCUT2D eigenvalue weighted by Crippen LogP contribution is 1.97. The van der Waals surface area contributed by atoms with Gasteiger partial charge in [-0.25, -0.2) is 9.59 Å². The van der Waals surface area contributed by atoms with Gasteiger partial charge in [0.25, 0.3) is 0 Å². The molecule has 1 aromatic rings. The zero-order chi connectivity index (χ0) is 19.5. The lowest BCUT2D eigenvalue weighted by atomic mass is 10.2. The van der Waals surface area contributed by atoms with E-state index in [1.54, 1.807) is 0 Å². The maximum Gasteiger partial charge on any atom is 0.331 e. The molecule has 25 heavy (non-hydrogen) atoms. The molecule has 0 amide bonds. The number of unbranched alkanes of at least 4 members (excludes halogenated alkanes) is 1. The van der Waals surface area contributed by atoms with Crippen molar-refractivity contribution in [1.82, 2.24) is 0 Å². The van der Waals surface area contributed by atoms with Crippen LogP contribution in [0.15, 0.2) is 61.7 Å². The third-order valence-electron chi connectivity index (χ3n) is 2.66. The second kappa shape index (κ2) is 17.7. The number of carbonyl (C=O) groups excluding carboxylic acids is 1. The number of carbonyl (C=O) groups is 2. The minimum Gasteiger partial charge on any atom is -0.478 e. The van der Waals surface area contributed by atoms with Crippen molar-refractivity contribution in [2.24, 2.45) is 0 Å². The van der Waals surface area contributed by atoms with Gasteiger partial charge in [0.15, 0.2) is 0 Å². The average molecular weight is 348 g/mol. The van der Waals surface area contributed by atoms with Crippen LogP contribution in [0.5, 0.6) is 0 Å². The first-order valence-electron chi connectivity index (χ1n) is 7.91. The molecule has 0 bridgehead atoms. The van der Waals surface area contributed by atoms with Crippen LogP contribution in [0, 0.1) is 0 Å². The molecule has 5 heteroatoms. The third-order valence-corrected chi connectivity index (χ3v) is 2.66. The Balaban J connectivity index is 0. The van der Waals surface area contributed by atoms with Gasteiger partial charge in [0, 0.05) is 24.7 Å². The maximum absolute atomic E-state index is 10.3. The van der Waals surface area contributed by atoms with E-state index in [4.69, 9.17) is 10.2 Å². The van der Waals surface area contributed by atoms with Crippen LogP contribution in [0.3, 0.4) is 0 Å². The van der Waals surface area contributed by atoms with Gasteiger partial charge in [0.2, 0.25) is 0 Å². The Morgan fingerprint density at radius 3 is 2.12 bits per heavy atom. The number of esters is 1. The molecular weight excluding hydrogens is 320 g/mol. The predicted octanol–water partition coefficient (Wildman–Crippen LogP) is 3.85. The maximum atomic E-state index is 10.3. The Morgan fingerprint density at radius 1 is 1.20 bits per heavy atom. The number of aliphatic hydroxyl groups is 1. The Hall–Kier alpha value is -2.66. The summed E-state index contributed by atoms with van der Waals surface area (Å²) in [5.41, 5.74) is 1.22. The van der Waals surface area contributed by atoms with Gasteiger partial charge in [-0.1, -0.05) is 69.5 Å². The summed E-state index contributed by atoms with van der Waals surface area (Å²) in [5, 5.41) is 16.3. The second-order valence-corrected chi connectivity index (χ2v) is 4.72. The topological polar surface area (TPSA) is 83.8 Å². The summed E-state index contributed by atoms with van der Waals surface area (Å²) in [7, 11) is 0. The molecule has 138 valence electrons. The number of ether oxygens (including phenoxy) is 1. The van der Waals surface area contributed by atoms with Crippen LogP contribution >= 0.6 is 0 Å². The molecule has 0 saturated heterocycles. The lowest BCUT2D eigenvalue weighted by Gasteiger charge is -1.97. The third kappa shape index (κ3) is 17.5. The summed E-state index contributed by atoms with van der Waals surface area (Å²) in [4.78, 5) is 20.2. The van der Waals surface area contributed by atoms with Crippen LogP contribution < -0.4 is 0 Å². The summed E-state index contributed by atoms with van der Waals surface area (Å²) in [6, 6.07) is 10.0. The van der Waals surface area contributed by atoms with Gasteiger partial charge in [0.1, 0.15) is 0 Å². The van der Waals surface area contributed by atoms with E-state index >= 15 is 0 Å². The van der Waals surface area contributed by atoms with Crippen molar-refractivity contribution in [3.05, 3.63) is 67.3 Å². The van der Waals surface area contributed by atoms with E-state index in [-0.39, 0.29) is 24.6 Å². The number of aliphatic hydroxyl groups excluding tert-OH is 1. The first-order chi connectivity index (χ1) is 11.9. The summed E-state index contributed by atoms with van der Waals surface area (Å²) in [5.74, 6) is -1.37. The summed E-state index contributed by atoms with van der Waals surface area (Å²) >= 11 is 0. The van der Waals surface area contributed by atoms with Gasteiger partial charge in [-0.05, 0) is 12.0 Å². The number of rotatable bonds is 8. The van der Waals surface area contributed by atoms with Crippen LogP contribution in [0.2, 0.25) is 0 Å². The van der Waals surface area contributed by atoms with Crippen LogP contribution in [0.4, 0.5) is 0 Å². The molecule has 0 heterocycles. The Bertz CT molecular complexity index is 520. The number of hydrogen-bond acceptors (Lipinski definition) is 4. The Labute approximate surface area is 150 Å². The number of hydrogen-bond donors (Lipinski definition) is 2. The van der Waals surface area contributed by atoms with E-state index in [0.717, 1.165) is 12.8 Å². The zero-order valence-electron chi connectivity index (χ0n) is 14.8. The SMILES string of the molecule is C=C(CCO)C(=O)O.C=CC(=O)OCCCC.C=Cc1ccccc1. The number of carboxylic acid groups (broad SMARTS) is 1. The molecule has 0 spiro atoms. The minimum atomic E-state index is -1.04. The van der Waals surface area contributed by atoms with Crippen molar-refractivity contribution in [2.45, 2.75) is 26.2 Å². The van der Waals surface area contributed by atoms with Crippen molar-refractivity contribution in [3.63, 3.8) is 0 Å². The Kier molecular flexibility index (Phi) is 17.4. The normalized spacial score (nSPS) is 8.56. The highest BCUT2D eigenvalue weighted by molar-refractivity contribution is 5.85. The van der Waals surface area contributed by atoms with Crippen molar-refractivity contribution < 1.29 is 24.5 Å². The van der Waals surface area contributed by atoms with Crippen LogP contribution in [-0.2, 0) is 14.3 Å². The van der Waals surface area contributed by atoms with Crippen LogP contribution in [-0.4, -0.2) is 35.4 Å². The van der Waals surface area contributed by atoms with E-state index < -0.39 is 5.97 Å². The molecule has 0 fully saturated rings. The van der Waals surface area contributed by atoms with Gasteiger partial charge in [-0.15, -0.1) is 0 Å². The highest BCUT2D eigenvalue weighted by atomic mass is 16.5. The fraction of sp³-hybridized carbons (Fsp3) is 0.300. The second-order valence-electron chi connectivity index (χ2n) is 4.72. The molecule has 0 saturated carbocycles. The molecule has 0 atom stereocenters. The molecule has 1 aromatic carbocycles. The Morgan fingerprint density at radius 2 is 1.80 bits per heavy atom. The summed E-state index contributed by atoms with van der Waals surface area (Å²) in [6.07, 6.45) is 5.13. The average Bonchev–Trinajstić information content (AvgIpc) is 2.63. The van der Waals surface area contributed by atoms with Gasteiger partial charge < -0.3 is 14.9 Å². The fourth-order valence-electron chi connectivity index (χ4n) is 1.21. The smallest absolute Gasteiger partial charge is 0.331 e. The molecule has 1 rings (SSSR count). The van der Waals surface area contributed by atoms with Gasteiger partial charge in [-0.2, -0.15) is 0 Å². The largest absolute Gasteiger partial charge is 0.478 e. The van der Waals surface area contributed by atoms with E-state index in [1.165, 1.54) is 11.6 Å². The first-order valence-corrected chi connectivity index (χ1v) is 7.91. The van der Waals surface area contributed by atoms with E-state index in [9.17, 15) is 9.59 Å². The highest BCUT2D eigenvalue weighted by Gasteiger charge is 2.00. The number of aliphatic carboxylic acids is 1. The first kappa shape index (κ1) is 24.6. The van der Waals surface area contributed by atoms with E-state index in [0.29, 0.717) is 6.61 Å². The monoisotopic (exact) mass is 348 g/mol. The molecule has 0 aromatic heterocycles. The number of benzene rings is 1. The molecule has 0 unspecified atom stereocenters. The van der Waals surface area contributed by atoms with Crippen molar-refractivity contribution in [2.75, 3.05) is 13.2 Å². The van der Waals surface area contributed by atoms with Gasteiger partial charge >= 0.3 is 11.9 Å². The van der Waals surface area contributed by atoms with E-state index in [1.807, 2.05) is 43.3 Å². The predicted molar refractivity (Wildman–Crippen MR) is 101 cm³/mol. The molecule has 5 nitrogen and oxygen atoms in total. The summed E-state index contributed by atoms with van der Waals surface area (Å²) in [6.45, 7) is 12.5. The van der Waals surface area contributed by atoms with Crippen LogP contribution in [0.25, 0.3) is 6.08 Å². The lowest BCUT2D eigenvalue weighted by molar-refractivity contribution is -0.138. The molecular formula is C20H28O5. The van der Waals surface area contributed by atoms with E-state index in [2.05, 4.69) is 24.5 Å². The fourth-order valence-corrected chi connectivity index (χ4v) is 1.21. The lowest BCUT2D eigenvalue weighted by Crippen LogP contribution is -2.00. The molecule has 0 aliphatic carbocycles. The van der Waals surface area contributed by atoms with Crippen molar-refractivity contribution >= 4 is 18.0 Å². The van der Waals surface area contributed by atoms with Gasteiger partial charge in [-0.3, -0.25) is 0 Å². The quantitative estimate of drug-likeness (QED) is 0.423. The van der Waals surface area contributed by atoms with Crippen LogP contribution in [0.1, 0.15) is 31.7 Å².